The average Bonchev–Trinajstić information content (AvgIpc) is 3.29. The predicted octanol–water partition coefficient (Wildman–Crippen LogP) is 2.79. The van der Waals surface area contributed by atoms with Crippen molar-refractivity contribution >= 4 is 15.9 Å². The fourth-order valence-electron chi connectivity index (χ4n) is 2.57. The first-order valence-electron chi connectivity index (χ1n) is 7.73. The molecule has 4 nitrogen and oxygen atoms in total. The monoisotopic (exact) mass is 354 g/mol. The third kappa shape index (κ3) is 4.11. The lowest BCUT2D eigenvalue weighted by molar-refractivity contribution is 0.296. The van der Waals surface area contributed by atoms with Crippen molar-refractivity contribution in [2.75, 3.05) is 33.4 Å². The van der Waals surface area contributed by atoms with Gasteiger partial charge in [-0.25, -0.2) is 0 Å². The van der Waals surface area contributed by atoms with Gasteiger partial charge in [-0.1, -0.05) is 0 Å². The van der Waals surface area contributed by atoms with Crippen molar-refractivity contribution in [2.24, 2.45) is 0 Å². The first kappa shape index (κ1) is 15.1. The predicted molar refractivity (Wildman–Crippen MR) is 87.1 cm³/mol. The third-order valence-corrected chi connectivity index (χ3v) is 4.59. The molecule has 0 amide bonds. The van der Waals surface area contributed by atoms with Crippen LogP contribution in [0.25, 0.3) is 0 Å². The minimum Gasteiger partial charge on any atom is -0.490 e. The number of halogens is 1. The molecule has 0 aromatic heterocycles. The molecule has 2 aliphatic rings. The SMILES string of the molecule is CN(CCNCc1cc(Br)c2c(c1)OCCCO2)C1CC1. The van der Waals surface area contributed by atoms with Crippen molar-refractivity contribution < 1.29 is 9.47 Å². The molecule has 0 saturated heterocycles. The van der Waals surface area contributed by atoms with Crippen molar-refractivity contribution in [3.8, 4) is 11.5 Å². The maximum Gasteiger partial charge on any atom is 0.175 e. The van der Waals surface area contributed by atoms with Crippen LogP contribution in [-0.2, 0) is 6.54 Å². The van der Waals surface area contributed by atoms with E-state index in [0.717, 1.165) is 61.3 Å². The van der Waals surface area contributed by atoms with Crippen LogP contribution in [0.2, 0.25) is 0 Å². The summed E-state index contributed by atoms with van der Waals surface area (Å²) >= 11 is 3.59. The zero-order valence-corrected chi connectivity index (χ0v) is 14.1. The molecule has 1 aromatic carbocycles. The molecule has 116 valence electrons. The number of hydrogen-bond acceptors (Lipinski definition) is 4. The van der Waals surface area contributed by atoms with Gasteiger partial charge in [-0.3, -0.25) is 0 Å². The van der Waals surface area contributed by atoms with E-state index >= 15 is 0 Å². The molecule has 0 atom stereocenters. The smallest absolute Gasteiger partial charge is 0.175 e. The lowest BCUT2D eigenvalue weighted by atomic mass is 10.2. The summed E-state index contributed by atoms with van der Waals surface area (Å²) in [6.07, 6.45) is 3.67. The Bertz CT molecular complexity index is 491. The van der Waals surface area contributed by atoms with Gasteiger partial charge >= 0.3 is 0 Å². The topological polar surface area (TPSA) is 33.7 Å². The summed E-state index contributed by atoms with van der Waals surface area (Å²) in [6, 6.07) is 5.03. The summed E-state index contributed by atoms with van der Waals surface area (Å²) in [5.74, 6) is 1.69. The highest BCUT2D eigenvalue weighted by molar-refractivity contribution is 9.10. The summed E-state index contributed by atoms with van der Waals surface area (Å²) in [5, 5.41) is 3.51. The van der Waals surface area contributed by atoms with Crippen molar-refractivity contribution in [1.29, 1.82) is 0 Å². The zero-order chi connectivity index (χ0) is 14.7. The van der Waals surface area contributed by atoms with Crippen LogP contribution in [-0.4, -0.2) is 44.3 Å². The summed E-state index contributed by atoms with van der Waals surface area (Å²) in [4.78, 5) is 2.44. The normalized spacial score (nSPS) is 17.9. The van der Waals surface area contributed by atoms with E-state index in [0.29, 0.717) is 0 Å². The van der Waals surface area contributed by atoms with Crippen molar-refractivity contribution in [3.63, 3.8) is 0 Å². The van der Waals surface area contributed by atoms with Gasteiger partial charge in [-0.15, -0.1) is 0 Å². The number of fused-ring (bicyclic) bond motifs is 1. The van der Waals surface area contributed by atoms with Crippen LogP contribution < -0.4 is 14.8 Å². The Kier molecular flexibility index (Phi) is 5.03. The number of ether oxygens (including phenoxy) is 2. The molecule has 21 heavy (non-hydrogen) atoms. The number of nitrogens with zero attached hydrogens (tertiary/aromatic N) is 1. The summed E-state index contributed by atoms with van der Waals surface area (Å²) < 4.78 is 12.5. The second kappa shape index (κ2) is 6.99. The van der Waals surface area contributed by atoms with Gasteiger partial charge in [0.2, 0.25) is 0 Å². The zero-order valence-electron chi connectivity index (χ0n) is 12.5. The largest absolute Gasteiger partial charge is 0.490 e. The van der Waals surface area contributed by atoms with Gasteiger partial charge in [0.1, 0.15) is 0 Å². The van der Waals surface area contributed by atoms with E-state index < -0.39 is 0 Å². The number of rotatable bonds is 6. The van der Waals surface area contributed by atoms with E-state index in [1.807, 2.05) is 0 Å². The molecular weight excluding hydrogens is 332 g/mol. The van der Waals surface area contributed by atoms with Crippen molar-refractivity contribution in [1.82, 2.24) is 10.2 Å². The van der Waals surface area contributed by atoms with E-state index in [-0.39, 0.29) is 0 Å². The molecule has 1 aromatic rings. The Morgan fingerprint density at radius 3 is 2.90 bits per heavy atom. The van der Waals surface area contributed by atoms with Gasteiger partial charge in [0.25, 0.3) is 0 Å². The number of likely N-dealkylation sites (N-methyl/N-ethyl adjacent to an activating group) is 1. The fraction of sp³-hybridized carbons (Fsp3) is 0.625. The van der Waals surface area contributed by atoms with Crippen LogP contribution in [0.5, 0.6) is 11.5 Å². The van der Waals surface area contributed by atoms with E-state index in [1.165, 1.54) is 18.4 Å². The highest BCUT2D eigenvalue weighted by Gasteiger charge is 2.25. The molecule has 1 heterocycles. The maximum atomic E-state index is 5.76. The van der Waals surface area contributed by atoms with Gasteiger partial charge < -0.3 is 19.7 Å². The van der Waals surface area contributed by atoms with Gasteiger partial charge in [0.05, 0.1) is 17.7 Å². The number of hydrogen-bond donors (Lipinski definition) is 1. The highest BCUT2D eigenvalue weighted by atomic mass is 79.9. The van der Waals surface area contributed by atoms with E-state index in [4.69, 9.17) is 9.47 Å². The number of nitrogens with one attached hydrogen (secondary N) is 1. The van der Waals surface area contributed by atoms with Crippen LogP contribution >= 0.6 is 15.9 Å². The molecule has 1 fully saturated rings. The van der Waals surface area contributed by atoms with Gasteiger partial charge in [0, 0.05) is 32.1 Å². The maximum absolute atomic E-state index is 5.76. The van der Waals surface area contributed by atoms with E-state index in [2.05, 4.69) is 45.3 Å². The van der Waals surface area contributed by atoms with Gasteiger partial charge in [-0.2, -0.15) is 0 Å². The van der Waals surface area contributed by atoms with Crippen LogP contribution in [0.4, 0.5) is 0 Å². The molecular formula is C16H23BrN2O2. The lowest BCUT2D eigenvalue weighted by Crippen LogP contribution is -2.30. The first-order chi connectivity index (χ1) is 10.2. The Balaban J connectivity index is 1.53. The Labute approximate surface area is 134 Å². The molecule has 1 saturated carbocycles. The Morgan fingerprint density at radius 1 is 1.29 bits per heavy atom. The van der Waals surface area contributed by atoms with Crippen LogP contribution in [0.3, 0.4) is 0 Å². The molecule has 0 radical (unpaired) electrons. The second-order valence-corrected chi connectivity index (χ2v) is 6.70. The Hall–Kier alpha value is -0.780. The van der Waals surface area contributed by atoms with Crippen molar-refractivity contribution in [3.05, 3.63) is 22.2 Å². The van der Waals surface area contributed by atoms with Crippen LogP contribution in [0.15, 0.2) is 16.6 Å². The standard InChI is InChI=1S/C16H23BrN2O2/c1-19(13-3-4-13)6-5-18-11-12-9-14(17)16-15(10-12)20-7-2-8-21-16/h9-10,13,18H,2-8,11H2,1H3. The molecule has 1 N–H and O–H groups in total. The van der Waals surface area contributed by atoms with Crippen molar-refractivity contribution in [2.45, 2.75) is 31.8 Å². The van der Waals surface area contributed by atoms with E-state index in [1.54, 1.807) is 0 Å². The minimum absolute atomic E-state index is 0.719. The molecule has 1 aliphatic carbocycles. The average molecular weight is 355 g/mol. The Morgan fingerprint density at radius 2 is 2.10 bits per heavy atom. The first-order valence-corrected chi connectivity index (χ1v) is 8.52. The summed E-state index contributed by atoms with van der Waals surface area (Å²) in [5.41, 5.74) is 1.22. The molecule has 0 unspecified atom stereocenters. The molecule has 0 bridgehead atoms. The summed E-state index contributed by atoms with van der Waals surface area (Å²) in [6.45, 7) is 4.42. The molecule has 1 aliphatic heterocycles. The van der Waals surface area contributed by atoms with E-state index in [9.17, 15) is 0 Å². The number of benzene rings is 1. The van der Waals surface area contributed by atoms with Crippen LogP contribution in [0, 0.1) is 0 Å². The minimum atomic E-state index is 0.719. The quantitative estimate of drug-likeness (QED) is 0.796. The lowest BCUT2D eigenvalue weighted by Gasteiger charge is -2.16. The second-order valence-electron chi connectivity index (χ2n) is 5.84. The van der Waals surface area contributed by atoms with Gasteiger partial charge in [0.15, 0.2) is 11.5 Å². The highest BCUT2D eigenvalue weighted by Crippen LogP contribution is 2.38. The third-order valence-electron chi connectivity index (χ3n) is 4.00. The van der Waals surface area contributed by atoms with Crippen LogP contribution in [0.1, 0.15) is 24.8 Å². The molecule has 5 heteroatoms. The molecule has 3 rings (SSSR count). The molecule has 0 spiro atoms. The fourth-order valence-corrected chi connectivity index (χ4v) is 3.18. The van der Waals surface area contributed by atoms with Gasteiger partial charge in [-0.05, 0) is 53.5 Å². The summed E-state index contributed by atoms with van der Waals surface area (Å²) in [7, 11) is 2.21.